The van der Waals surface area contributed by atoms with Crippen molar-refractivity contribution in [2.45, 2.75) is 24.7 Å². The standard InChI is InChI=1S/C19H19FN6/c20-14-5-2-10-22-17(14)19(8-3-9-19)12-24-16-7-6-15(25-26-16)13-4-1-11-23-18(13)21/h1-2,4-7,10-11H,3,8-9,12H2,(H2,21,23)(H,24,26). The fraction of sp³-hybridized carbons (Fsp3) is 0.263. The van der Waals surface area contributed by atoms with Crippen molar-refractivity contribution in [2.75, 3.05) is 17.6 Å². The Morgan fingerprint density at radius 3 is 2.50 bits per heavy atom. The lowest BCUT2D eigenvalue weighted by Gasteiger charge is -2.41. The van der Waals surface area contributed by atoms with Gasteiger partial charge in [0.15, 0.2) is 0 Å². The van der Waals surface area contributed by atoms with E-state index in [1.165, 1.54) is 6.07 Å². The molecule has 1 saturated carbocycles. The van der Waals surface area contributed by atoms with Gasteiger partial charge in [-0.05, 0) is 49.2 Å². The molecule has 6 nitrogen and oxygen atoms in total. The number of aromatic nitrogens is 4. The summed E-state index contributed by atoms with van der Waals surface area (Å²) in [5, 5.41) is 11.7. The second-order valence-corrected chi connectivity index (χ2v) is 6.56. The fourth-order valence-electron chi connectivity index (χ4n) is 3.34. The predicted molar refractivity (Wildman–Crippen MR) is 97.9 cm³/mol. The largest absolute Gasteiger partial charge is 0.383 e. The number of nitrogens with two attached hydrogens (primary N) is 1. The van der Waals surface area contributed by atoms with E-state index in [0.717, 1.165) is 24.8 Å². The van der Waals surface area contributed by atoms with Crippen LogP contribution in [-0.2, 0) is 5.41 Å². The van der Waals surface area contributed by atoms with Crippen molar-refractivity contribution < 1.29 is 4.39 Å². The highest BCUT2D eigenvalue weighted by Gasteiger charge is 2.41. The molecule has 3 aromatic rings. The molecule has 26 heavy (non-hydrogen) atoms. The minimum absolute atomic E-state index is 0.248. The summed E-state index contributed by atoms with van der Waals surface area (Å²) < 4.78 is 14.2. The average Bonchev–Trinajstić information content (AvgIpc) is 2.63. The smallest absolute Gasteiger partial charge is 0.148 e. The minimum Gasteiger partial charge on any atom is -0.383 e. The molecule has 0 atom stereocenters. The van der Waals surface area contributed by atoms with Crippen LogP contribution in [0.15, 0.2) is 48.8 Å². The Labute approximate surface area is 150 Å². The van der Waals surface area contributed by atoms with Gasteiger partial charge in [0.25, 0.3) is 0 Å². The van der Waals surface area contributed by atoms with Gasteiger partial charge in [0.1, 0.15) is 17.5 Å². The van der Waals surface area contributed by atoms with E-state index in [2.05, 4.69) is 25.5 Å². The highest BCUT2D eigenvalue weighted by atomic mass is 19.1. The van der Waals surface area contributed by atoms with Crippen LogP contribution in [0, 0.1) is 5.82 Å². The summed E-state index contributed by atoms with van der Waals surface area (Å²) >= 11 is 0. The number of nitrogens with zero attached hydrogens (tertiary/aromatic N) is 4. The molecule has 0 amide bonds. The van der Waals surface area contributed by atoms with E-state index < -0.39 is 0 Å². The topological polar surface area (TPSA) is 89.6 Å². The Kier molecular flexibility index (Phi) is 4.20. The Bertz CT molecular complexity index is 908. The number of hydrogen-bond acceptors (Lipinski definition) is 6. The first-order valence-corrected chi connectivity index (χ1v) is 8.57. The monoisotopic (exact) mass is 350 g/mol. The van der Waals surface area contributed by atoms with E-state index in [0.29, 0.717) is 29.6 Å². The Balaban J connectivity index is 1.50. The molecule has 1 aliphatic rings. The maximum absolute atomic E-state index is 14.2. The molecule has 3 heterocycles. The van der Waals surface area contributed by atoms with Crippen LogP contribution in [0.1, 0.15) is 25.0 Å². The molecular weight excluding hydrogens is 331 g/mol. The number of nitrogen functional groups attached to an aromatic ring is 1. The summed E-state index contributed by atoms with van der Waals surface area (Å²) in [6.45, 7) is 0.573. The molecule has 0 saturated heterocycles. The van der Waals surface area contributed by atoms with Crippen LogP contribution >= 0.6 is 0 Å². The number of pyridine rings is 2. The van der Waals surface area contributed by atoms with Crippen molar-refractivity contribution in [3.8, 4) is 11.3 Å². The second kappa shape index (κ2) is 6.67. The van der Waals surface area contributed by atoms with Crippen molar-refractivity contribution in [1.82, 2.24) is 20.2 Å². The summed E-state index contributed by atoms with van der Waals surface area (Å²) in [7, 11) is 0. The number of rotatable bonds is 5. The van der Waals surface area contributed by atoms with E-state index in [9.17, 15) is 4.39 Å². The molecule has 3 N–H and O–H groups in total. The summed E-state index contributed by atoms with van der Waals surface area (Å²) in [6, 6.07) is 10.4. The SMILES string of the molecule is Nc1ncccc1-c1ccc(NCC2(c3ncccc3F)CCC2)nn1. The van der Waals surface area contributed by atoms with Crippen molar-refractivity contribution in [2.24, 2.45) is 0 Å². The Morgan fingerprint density at radius 1 is 1.04 bits per heavy atom. The lowest BCUT2D eigenvalue weighted by molar-refractivity contribution is 0.243. The van der Waals surface area contributed by atoms with Gasteiger partial charge in [-0.2, -0.15) is 0 Å². The molecule has 0 aromatic carbocycles. The third-order valence-electron chi connectivity index (χ3n) is 4.96. The van der Waals surface area contributed by atoms with Crippen molar-refractivity contribution >= 4 is 11.6 Å². The maximum Gasteiger partial charge on any atom is 0.148 e. The van der Waals surface area contributed by atoms with Crippen molar-refractivity contribution in [1.29, 1.82) is 0 Å². The van der Waals surface area contributed by atoms with Crippen LogP contribution < -0.4 is 11.1 Å². The molecule has 0 unspecified atom stereocenters. The van der Waals surface area contributed by atoms with E-state index in [4.69, 9.17) is 5.73 Å². The molecule has 1 fully saturated rings. The van der Waals surface area contributed by atoms with Gasteiger partial charge in [-0.3, -0.25) is 4.98 Å². The Hall–Kier alpha value is -3.09. The predicted octanol–water partition coefficient (Wildman–Crippen LogP) is 3.19. The van der Waals surface area contributed by atoms with Crippen LogP contribution in [0.2, 0.25) is 0 Å². The van der Waals surface area contributed by atoms with E-state index >= 15 is 0 Å². The number of halogens is 1. The average molecular weight is 350 g/mol. The first kappa shape index (κ1) is 16.4. The van der Waals surface area contributed by atoms with Crippen molar-refractivity contribution in [3.63, 3.8) is 0 Å². The van der Waals surface area contributed by atoms with Gasteiger partial charge in [-0.25, -0.2) is 9.37 Å². The zero-order valence-corrected chi connectivity index (χ0v) is 14.2. The number of nitrogens with one attached hydrogen (secondary N) is 1. The lowest BCUT2D eigenvalue weighted by Crippen LogP contribution is -2.42. The fourth-order valence-corrected chi connectivity index (χ4v) is 3.34. The van der Waals surface area contributed by atoms with Crippen LogP contribution in [-0.4, -0.2) is 26.7 Å². The molecule has 4 rings (SSSR count). The molecule has 3 aromatic heterocycles. The van der Waals surface area contributed by atoms with E-state index in [1.54, 1.807) is 24.5 Å². The number of hydrogen-bond donors (Lipinski definition) is 2. The van der Waals surface area contributed by atoms with Gasteiger partial charge < -0.3 is 11.1 Å². The van der Waals surface area contributed by atoms with Gasteiger partial charge in [0, 0.05) is 29.9 Å². The molecule has 132 valence electrons. The van der Waals surface area contributed by atoms with E-state index in [1.807, 2.05) is 18.2 Å². The van der Waals surface area contributed by atoms with Crippen LogP contribution in [0.25, 0.3) is 11.3 Å². The zero-order chi connectivity index (χ0) is 18.0. The molecule has 0 radical (unpaired) electrons. The molecule has 0 bridgehead atoms. The molecule has 0 aliphatic heterocycles. The summed E-state index contributed by atoms with van der Waals surface area (Å²) in [4.78, 5) is 8.34. The molecule has 1 aliphatic carbocycles. The van der Waals surface area contributed by atoms with Gasteiger partial charge >= 0.3 is 0 Å². The van der Waals surface area contributed by atoms with Gasteiger partial charge in [-0.15, -0.1) is 10.2 Å². The second-order valence-electron chi connectivity index (χ2n) is 6.56. The van der Waals surface area contributed by atoms with Crippen LogP contribution in [0.3, 0.4) is 0 Å². The summed E-state index contributed by atoms with van der Waals surface area (Å²) in [6.07, 6.45) is 6.17. The number of anilines is 2. The third kappa shape index (κ3) is 2.96. The van der Waals surface area contributed by atoms with Gasteiger partial charge in [-0.1, -0.05) is 6.42 Å². The minimum atomic E-state index is -0.278. The summed E-state index contributed by atoms with van der Waals surface area (Å²) in [5.41, 5.74) is 7.54. The Morgan fingerprint density at radius 2 is 1.85 bits per heavy atom. The normalized spacial score (nSPS) is 15.3. The molecule has 0 spiro atoms. The summed E-state index contributed by atoms with van der Waals surface area (Å²) in [5.74, 6) is 0.808. The highest BCUT2D eigenvalue weighted by molar-refractivity contribution is 5.70. The quantitative estimate of drug-likeness (QED) is 0.734. The van der Waals surface area contributed by atoms with E-state index in [-0.39, 0.29) is 11.2 Å². The van der Waals surface area contributed by atoms with Gasteiger partial charge in [0.05, 0.1) is 11.4 Å². The lowest BCUT2D eigenvalue weighted by atomic mass is 9.66. The van der Waals surface area contributed by atoms with Crippen LogP contribution in [0.5, 0.6) is 0 Å². The van der Waals surface area contributed by atoms with Crippen LogP contribution in [0.4, 0.5) is 16.0 Å². The molecule has 7 heteroatoms. The van der Waals surface area contributed by atoms with Crippen molar-refractivity contribution in [3.05, 3.63) is 60.3 Å². The third-order valence-corrected chi connectivity index (χ3v) is 4.96. The zero-order valence-electron chi connectivity index (χ0n) is 14.2. The first-order chi connectivity index (χ1) is 12.7. The first-order valence-electron chi connectivity index (χ1n) is 8.57. The maximum atomic E-state index is 14.2. The van der Waals surface area contributed by atoms with Gasteiger partial charge in [0.2, 0.25) is 0 Å². The highest BCUT2D eigenvalue weighted by Crippen LogP contribution is 2.43. The molecular formula is C19H19FN6.